The Kier molecular flexibility index (Phi) is 5.58. The number of piperidine rings is 1. The van der Waals surface area contributed by atoms with Gasteiger partial charge in [-0.25, -0.2) is 17.7 Å². The van der Waals surface area contributed by atoms with E-state index in [0.717, 1.165) is 24.6 Å². The molecule has 3 heterocycles. The second kappa shape index (κ2) is 8.00. The molecule has 1 saturated carbocycles. The fourth-order valence-electron chi connectivity index (χ4n) is 4.35. The Morgan fingerprint density at radius 2 is 1.93 bits per heavy atom. The van der Waals surface area contributed by atoms with Gasteiger partial charge in [0, 0.05) is 42.8 Å². The molecule has 0 bridgehead atoms. The first-order valence-electron chi connectivity index (χ1n) is 10.1. The molecule has 1 aliphatic heterocycles. The summed E-state index contributed by atoms with van der Waals surface area (Å²) in [6.45, 7) is 0.934. The minimum absolute atomic E-state index is 0.0734. The molecule has 0 amide bonds. The number of aromatic nitrogens is 3. The Morgan fingerprint density at radius 3 is 2.62 bits per heavy atom. The number of hydrogen-bond acceptors (Lipinski definition) is 7. The third-order valence-electron chi connectivity index (χ3n) is 5.91. The van der Waals surface area contributed by atoms with Gasteiger partial charge in [-0.3, -0.25) is 9.36 Å². The monoisotopic (exact) mass is 421 g/mol. The summed E-state index contributed by atoms with van der Waals surface area (Å²) in [4.78, 5) is 21.6. The summed E-state index contributed by atoms with van der Waals surface area (Å²) in [6.07, 6.45) is 6.92. The van der Waals surface area contributed by atoms with Crippen LogP contribution in [0.15, 0.2) is 23.1 Å². The summed E-state index contributed by atoms with van der Waals surface area (Å²) >= 11 is 0. The molecule has 0 radical (unpaired) electrons. The lowest BCUT2D eigenvalue weighted by Crippen LogP contribution is -2.42. The first-order valence-corrected chi connectivity index (χ1v) is 11.9. The van der Waals surface area contributed by atoms with E-state index in [4.69, 9.17) is 0 Å². The third-order valence-corrected chi connectivity index (χ3v) is 7.21. The van der Waals surface area contributed by atoms with Gasteiger partial charge >= 0.3 is 0 Å². The zero-order valence-corrected chi connectivity index (χ0v) is 17.3. The Balaban J connectivity index is 1.57. The topological polar surface area (TPSA) is 117 Å². The molecular weight excluding hydrogens is 394 g/mol. The van der Waals surface area contributed by atoms with Crippen molar-refractivity contribution in [1.82, 2.24) is 18.8 Å². The van der Waals surface area contributed by atoms with E-state index in [1.54, 1.807) is 16.8 Å². The maximum atomic E-state index is 12.6. The van der Waals surface area contributed by atoms with Crippen LogP contribution in [0.3, 0.4) is 0 Å². The molecule has 158 valence electrons. The molecule has 2 aromatic rings. The first kappa shape index (κ1) is 20.2. The highest BCUT2D eigenvalue weighted by Gasteiger charge is 2.26. The van der Waals surface area contributed by atoms with E-state index in [0.29, 0.717) is 43.9 Å². The van der Waals surface area contributed by atoms with Crippen molar-refractivity contribution in [2.75, 3.05) is 24.7 Å². The lowest BCUT2D eigenvalue weighted by atomic mass is 9.92. The lowest BCUT2D eigenvalue weighted by molar-refractivity contribution is 0.104. The van der Waals surface area contributed by atoms with E-state index < -0.39 is 16.1 Å². The van der Waals surface area contributed by atoms with E-state index >= 15 is 0 Å². The number of nitrogens with one attached hydrogen (secondary N) is 1. The van der Waals surface area contributed by atoms with Gasteiger partial charge in [-0.1, -0.05) is 0 Å². The van der Waals surface area contributed by atoms with Crippen LogP contribution >= 0.6 is 0 Å². The lowest BCUT2D eigenvalue weighted by Gasteiger charge is -2.31. The van der Waals surface area contributed by atoms with Crippen LogP contribution in [0.5, 0.6) is 0 Å². The maximum absolute atomic E-state index is 12.6. The van der Waals surface area contributed by atoms with Gasteiger partial charge in [0.2, 0.25) is 16.0 Å². The van der Waals surface area contributed by atoms with Crippen molar-refractivity contribution in [1.29, 1.82) is 0 Å². The van der Waals surface area contributed by atoms with Gasteiger partial charge < -0.3 is 10.4 Å². The molecular formula is C19H27N5O4S. The van der Waals surface area contributed by atoms with Crippen LogP contribution in [0.4, 0.5) is 5.95 Å². The Labute approximate surface area is 169 Å². The number of anilines is 1. The van der Waals surface area contributed by atoms with Crippen LogP contribution in [0.25, 0.3) is 11.0 Å². The number of rotatable bonds is 4. The molecule has 1 saturated heterocycles. The molecule has 2 N–H and O–H groups in total. The third kappa shape index (κ3) is 4.44. The summed E-state index contributed by atoms with van der Waals surface area (Å²) in [5, 5.41) is 14.1. The van der Waals surface area contributed by atoms with Gasteiger partial charge in [-0.15, -0.1) is 0 Å². The van der Waals surface area contributed by atoms with Gasteiger partial charge in [-0.05, 0) is 44.6 Å². The number of fused-ring (bicyclic) bond motifs is 1. The van der Waals surface area contributed by atoms with E-state index in [-0.39, 0.29) is 17.6 Å². The Hall–Kier alpha value is -2.04. The Bertz CT molecular complexity index is 1050. The SMILES string of the molecule is CS(=O)(=O)N1CCC(Nc2ncc3ccc(=O)n([C@H]4CCC[C@H](O)C4)c3n2)CC1. The number of aliphatic hydroxyl groups excluding tert-OH is 1. The van der Waals surface area contributed by atoms with Crippen molar-refractivity contribution in [2.45, 2.75) is 56.7 Å². The van der Waals surface area contributed by atoms with Crippen molar-refractivity contribution in [3.8, 4) is 0 Å². The van der Waals surface area contributed by atoms with Crippen LogP contribution in [0.1, 0.15) is 44.6 Å². The van der Waals surface area contributed by atoms with Crippen molar-refractivity contribution in [3.05, 3.63) is 28.7 Å². The molecule has 0 spiro atoms. The molecule has 0 aromatic carbocycles. The summed E-state index contributed by atoms with van der Waals surface area (Å²) in [7, 11) is -3.16. The molecule has 0 unspecified atom stereocenters. The second-order valence-corrected chi connectivity index (χ2v) is 10.1. The highest BCUT2D eigenvalue weighted by atomic mass is 32.2. The van der Waals surface area contributed by atoms with E-state index in [9.17, 15) is 18.3 Å². The van der Waals surface area contributed by atoms with Gasteiger partial charge in [-0.2, -0.15) is 4.98 Å². The number of aliphatic hydroxyl groups is 1. The molecule has 2 aliphatic rings. The summed E-state index contributed by atoms with van der Waals surface area (Å²) in [5.41, 5.74) is 0.449. The van der Waals surface area contributed by atoms with E-state index in [2.05, 4.69) is 15.3 Å². The average Bonchev–Trinajstić information content (AvgIpc) is 2.67. The number of nitrogens with zero attached hydrogens (tertiary/aromatic N) is 4. The zero-order chi connectivity index (χ0) is 20.6. The summed E-state index contributed by atoms with van der Waals surface area (Å²) < 4.78 is 26.5. The van der Waals surface area contributed by atoms with Crippen LogP contribution in [0.2, 0.25) is 0 Å². The molecule has 10 heteroatoms. The largest absolute Gasteiger partial charge is 0.393 e. The number of hydrogen-bond donors (Lipinski definition) is 2. The smallest absolute Gasteiger partial charge is 0.252 e. The minimum Gasteiger partial charge on any atom is -0.393 e. The molecule has 2 aromatic heterocycles. The standard InChI is InChI=1S/C19H27N5O4S/c1-29(27,28)23-9-7-14(8-10-23)21-19-20-12-13-5-6-17(26)24(18(13)22-19)15-3-2-4-16(25)11-15/h5-6,12,14-16,25H,2-4,7-11H2,1H3,(H,20,21,22)/t15-,16-/m0/s1. The van der Waals surface area contributed by atoms with Crippen molar-refractivity contribution in [2.24, 2.45) is 0 Å². The molecule has 2 fully saturated rings. The number of pyridine rings is 1. The zero-order valence-electron chi connectivity index (χ0n) is 16.5. The predicted molar refractivity (Wildman–Crippen MR) is 110 cm³/mol. The Morgan fingerprint density at radius 1 is 1.17 bits per heavy atom. The normalized spacial score (nSPS) is 24.6. The second-order valence-electron chi connectivity index (χ2n) is 8.07. The molecule has 1 aliphatic carbocycles. The van der Waals surface area contributed by atoms with Crippen molar-refractivity contribution in [3.63, 3.8) is 0 Å². The summed E-state index contributed by atoms with van der Waals surface area (Å²) in [5.74, 6) is 0.436. The molecule has 4 rings (SSSR count). The fourth-order valence-corrected chi connectivity index (χ4v) is 5.22. The van der Waals surface area contributed by atoms with Crippen LogP contribution in [-0.2, 0) is 10.0 Å². The maximum Gasteiger partial charge on any atom is 0.252 e. The number of sulfonamides is 1. The first-order chi connectivity index (χ1) is 13.8. The van der Waals surface area contributed by atoms with E-state index in [1.165, 1.54) is 16.6 Å². The van der Waals surface area contributed by atoms with Gasteiger partial charge in [0.05, 0.1) is 12.4 Å². The van der Waals surface area contributed by atoms with Crippen molar-refractivity contribution < 1.29 is 13.5 Å². The predicted octanol–water partition coefficient (Wildman–Crippen LogP) is 1.10. The highest BCUT2D eigenvalue weighted by Crippen LogP contribution is 2.29. The molecule has 9 nitrogen and oxygen atoms in total. The molecule has 29 heavy (non-hydrogen) atoms. The molecule has 2 atom stereocenters. The van der Waals surface area contributed by atoms with Crippen LogP contribution in [0, 0.1) is 0 Å². The van der Waals surface area contributed by atoms with Gasteiger partial charge in [0.1, 0.15) is 5.65 Å². The summed E-state index contributed by atoms with van der Waals surface area (Å²) in [6, 6.07) is 3.25. The van der Waals surface area contributed by atoms with Crippen LogP contribution < -0.4 is 10.9 Å². The highest BCUT2D eigenvalue weighted by molar-refractivity contribution is 7.88. The van der Waals surface area contributed by atoms with Crippen molar-refractivity contribution >= 4 is 27.0 Å². The fraction of sp³-hybridized carbons (Fsp3) is 0.632. The average molecular weight is 422 g/mol. The quantitative estimate of drug-likeness (QED) is 0.759. The van der Waals surface area contributed by atoms with Gasteiger partial charge in [0.15, 0.2) is 0 Å². The van der Waals surface area contributed by atoms with Crippen LogP contribution in [-0.4, -0.2) is 63.9 Å². The minimum atomic E-state index is -3.16. The van der Waals surface area contributed by atoms with Gasteiger partial charge in [0.25, 0.3) is 5.56 Å². The van der Waals surface area contributed by atoms with E-state index in [1.807, 2.05) is 0 Å².